The number of thioether (sulfide) groups is 1. The Balaban J connectivity index is 2.67. The SMILES string of the molecule is CC(C)SCCn1cc(N)c(=O)c(Br)c1. The molecule has 0 unspecified atom stereocenters. The average Bonchev–Trinajstić information content (AvgIpc) is 2.13. The summed E-state index contributed by atoms with van der Waals surface area (Å²) in [4.78, 5) is 11.3. The maximum Gasteiger partial charge on any atom is 0.218 e. The molecule has 0 spiro atoms. The summed E-state index contributed by atoms with van der Waals surface area (Å²) in [5.41, 5.74) is 5.74. The van der Waals surface area contributed by atoms with Gasteiger partial charge < -0.3 is 10.3 Å². The zero-order valence-electron chi connectivity index (χ0n) is 8.87. The third kappa shape index (κ3) is 3.91. The van der Waals surface area contributed by atoms with Crippen molar-refractivity contribution in [3.05, 3.63) is 27.1 Å². The minimum Gasteiger partial charge on any atom is -0.394 e. The third-order valence-electron chi connectivity index (χ3n) is 1.86. The van der Waals surface area contributed by atoms with Gasteiger partial charge in [-0.2, -0.15) is 11.8 Å². The lowest BCUT2D eigenvalue weighted by Gasteiger charge is -2.09. The second kappa shape index (κ2) is 5.61. The van der Waals surface area contributed by atoms with Gasteiger partial charge in [0.2, 0.25) is 5.43 Å². The number of hydrogen-bond donors (Lipinski definition) is 1. The number of aryl methyl sites for hydroxylation is 1. The zero-order valence-corrected chi connectivity index (χ0v) is 11.3. The van der Waals surface area contributed by atoms with Crippen molar-refractivity contribution in [2.24, 2.45) is 0 Å². The Morgan fingerprint density at radius 3 is 2.73 bits per heavy atom. The van der Waals surface area contributed by atoms with Crippen molar-refractivity contribution in [3.8, 4) is 0 Å². The molecule has 0 aliphatic heterocycles. The Bertz CT molecular complexity index is 363. The molecule has 1 rings (SSSR count). The van der Waals surface area contributed by atoms with E-state index in [-0.39, 0.29) is 5.43 Å². The van der Waals surface area contributed by atoms with Crippen LogP contribution < -0.4 is 11.2 Å². The van der Waals surface area contributed by atoms with E-state index in [2.05, 4.69) is 29.8 Å². The molecule has 0 aliphatic carbocycles. The minimum absolute atomic E-state index is 0.136. The standard InChI is InChI=1S/C10H15BrN2OS/c1-7(2)15-4-3-13-5-8(11)10(14)9(12)6-13/h5-7H,3-4,12H2,1-2H3. The molecule has 0 saturated carbocycles. The predicted molar refractivity (Wildman–Crippen MR) is 70.4 cm³/mol. The molecule has 1 aromatic heterocycles. The van der Waals surface area contributed by atoms with Gasteiger partial charge in [0.05, 0.1) is 10.2 Å². The van der Waals surface area contributed by atoms with E-state index in [4.69, 9.17) is 5.73 Å². The third-order valence-corrected chi connectivity index (χ3v) is 3.51. The van der Waals surface area contributed by atoms with Crippen LogP contribution in [0, 0.1) is 0 Å². The molecular formula is C10H15BrN2OS. The lowest BCUT2D eigenvalue weighted by molar-refractivity contribution is 0.760. The second-order valence-electron chi connectivity index (χ2n) is 3.55. The molecule has 0 fully saturated rings. The summed E-state index contributed by atoms with van der Waals surface area (Å²) in [5, 5.41) is 0.630. The molecule has 0 aromatic carbocycles. The summed E-state index contributed by atoms with van der Waals surface area (Å²) in [6.07, 6.45) is 3.47. The quantitative estimate of drug-likeness (QED) is 0.926. The van der Waals surface area contributed by atoms with Gasteiger partial charge in [-0.05, 0) is 21.2 Å². The summed E-state index contributed by atoms with van der Waals surface area (Å²) in [5.74, 6) is 1.02. The zero-order chi connectivity index (χ0) is 11.4. The van der Waals surface area contributed by atoms with Crippen LogP contribution in [0.5, 0.6) is 0 Å². The number of nitrogens with zero attached hydrogens (tertiary/aromatic N) is 1. The molecule has 0 amide bonds. The van der Waals surface area contributed by atoms with Crippen LogP contribution in [-0.4, -0.2) is 15.6 Å². The highest BCUT2D eigenvalue weighted by Gasteiger charge is 2.02. The van der Waals surface area contributed by atoms with Crippen molar-refractivity contribution in [3.63, 3.8) is 0 Å². The van der Waals surface area contributed by atoms with Crippen LogP contribution in [-0.2, 0) is 6.54 Å². The number of nitrogen functional groups attached to an aromatic ring is 1. The van der Waals surface area contributed by atoms with Gasteiger partial charge in [0.25, 0.3) is 0 Å². The maximum atomic E-state index is 11.3. The minimum atomic E-state index is -0.136. The Hall–Kier alpha value is -0.420. The van der Waals surface area contributed by atoms with Gasteiger partial charge >= 0.3 is 0 Å². The molecule has 0 atom stereocenters. The first kappa shape index (κ1) is 12.6. The number of pyridine rings is 1. The van der Waals surface area contributed by atoms with E-state index in [1.165, 1.54) is 0 Å². The predicted octanol–water partition coefficient (Wildman–Crippen LogP) is 2.33. The molecule has 5 heteroatoms. The lowest BCUT2D eigenvalue weighted by Crippen LogP contribution is -2.14. The Morgan fingerprint density at radius 1 is 1.53 bits per heavy atom. The van der Waals surface area contributed by atoms with Crippen LogP contribution in [0.4, 0.5) is 5.69 Å². The summed E-state index contributed by atoms with van der Waals surface area (Å²) >= 11 is 5.08. The van der Waals surface area contributed by atoms with Gasteiger partial charge in [-0.25, -0.2) is 0 Å². The first-order valence-corrected chi connectivity index (χ1v) is 6.61. The fourth-order valence-electron chi connectivity index (χ4n) is 1.14. The first-order chi connectivity index (χ1) is 7.00. The van der Waals surface area contributed by atoms with Crippen LogP contribution >= 0.6 is 27.7 Å². The van der Waals surface area contributed by atoms with Crippen LogP contribution in [0.3, 0.4) is 0 Å². The number of aromatic nitrogens is 1. The van der Waals surface area contributed by atoms with Gasteiger partial charge in [0.1, 0.15) is 0 Å². The molecule has 0 aliphatic rings. The van der Waals surface area contributed by atoms with Crippen molar-refractivity contribution in [2.45, 2.75) is 25.6 Å². The topological polar surface area (TPSA) is 48.0 Å². The maximum absolute atomic E-state index is 11.3. The molecule has 1 aromatic rings. The summed E-state index contributed by atoms with van der Waals surface area (Å²) in [6, 6.07) is 0. The van der Waals surface area contributed by atoms with Gasteiger partial charge in [-0.3, -0.25) is 4.79 Å². The molecule has 2 N–H and O–H groups in total. The number of anilines is 1. The molecule has 15 heavy (non-hydrogen) atoms. The molecular weight excluding hydrogens is 276 g/mol. The fourth-order valence-corrected chi connectivity index (χ4v) is 2.42. The molecule has 0 saturated heterocycles. The van der Waals surface area contributed by atoms with Crippen LogP contribution in [0.15, 0.2) is 21.7 Å². The monoisotopic (exact) mass is 290 g/mol. The largest absolute Gasteiger partial charge is 0.394 e. The molecule has 1 heterocycles. The number of nitrogens with two attached hydrogens (primary N) is 1. The van der Waals surface area contributed by atoms with E-state index in [0.29, 0.717) is 15.4 Å². The van der Waals surface area contributed by atoms with E-state index >= 15 is 0 Å². The fraction of sp³-hybridized carbons (Fsp3) is 0.500. The Morgan fingerprint density at radius 2 is 2.20 bits per heavy atom. The van der Waals surface area contributed by atoms with Gasteiger partial charge in [0.15, 0.2) is 0 Å². The summed E-state index contributed by atoms with van der Waals surface area (Å²) in [7, 11) is 0. The second-order valence-corrected chi connectivity index (χ2v) is 6.09. The van der Waals surface area contributed by atoms with Crippen molar-refractivity contribution in [1.82, 2.24) is 4.57 Å². The van der Waals surface area contributed by atoms with Crippen LogP contribution in [0.1, 0.15) is 13.8 Å². The van der Waals surface area contributed by atoms with Crippen molar-refractivity contribution in [1.29, 1.82) is 0 Å². The molecule has 84 valence electrons. The highest BCUT2D eigenvalue weighted by atomic mass is 79.9. The van der Waals surface area contributed by atoms with E-state index in [9.17, 15) is 4.79 Å². The number of hydrogen-bond acceptors (Lipinski definition) is 3. The Labute approximate surface area is 102 Å². The molecule has 0 radical (unpaired) electrons. The lowest BCUT2D eigenvalue weighted by atomic mass is 10.4. The number of halogens is 1. The highest BCUT2D eigenvalue weighted by Crippen LogP contribution is 2.11. The molecule has 3 nitrogen and oxygen atoms in total. The van der Waals surface area contributed by atoms with E-state index in [0.717, 1.165) is 12.3 Å². The summed E-state index contributed by atoms with van der Waals surface area (Å²) in [6.45, 7) is 5.20. The molecule has 0 bridgehead atoms. The van der Waals surface area contributed by atoms with Crippen LogP contribution in [0.2, 0.25) is 0 Å². The smallest absolute Gasteiger partial charge is 0.218 e. The number of rotatable bonds is 4. The van der Waals surface area contributed by atoms with Gasteiger partial charge in [0, 0.05) is 24.7 Å². The van der Waals surface area contributed by atoms with E-state index < -0.39 is 0 Å². The van der Waals surface area contributed by atoms with Crippen molar-refractivity contribution in [2.75, 3.05) is 11.5 Å². The van der Waals surface area contributed by atoms with Crippen molar-refractivity contribution < 1.29 is 0 Å². The summed E-state index contributed by atoms with van der Waals surface area (Å²) < 4.78 is 2.47. The van der Waals surface area contributed by atoms with E-state index in [1.54, 1.807) is 12.4 Å². The van der Waals surface area contributed by atoms with Crippen molar-refractivity contribution >= 4 is 33.4 Å². The normalized spacial score (nSPS) is 10.9. The van der Waals surface area contributed by atoms with Crippen LogP contribution in [0.25, 0.3) is 0 Å². The van der Waals surface area contributed by atoms with E-state index in [1.807, 2.05) is 16.3 Å². The highest BCUT2D eigenvalue weighted by molar-refractivity contribution is 9.10. The van der Waals surface area contributed by atoms with Gasteiger partial charge in [-0.15, -0.1) is 0 Å². The van der Waals surface area contributed by atoms with Gasteiger partial charge in [-0.1, -0.05) is 13.8 Å². The Kier molecular flexibility index (Phi) is 4.73. The first-order valence-electron chi connectivity index (χ1n) is 4.77. The average molecular weight is 291 g/mol.